The Hall–Kier alpha value is -1.65. The zero-order chi connectivity index (χ0) is 20.6. The first-order valence-electron chi connectivity index (χ1n) is 10.5. The number of hydrogen-bond acceptors (Lipinski definition) is 3. The Morgan fingerprint density at radius 1 is 1.14 bits per heavy atom. The van der Waals surface area contributed by atoms with Gasteiger partial charge in [-0.05, 0) is 79.8 Å². The van der Waals surface area contributed by atoms with Gasteiger partial charge in [-0.1, -0.05) is 30.7 Å². The van der Waals surface area contributed by atoms with Gasteiger partial charge >= 0.3 is 0 Å². The summed E-state index contributed by atoms with van der Waals surface area (Å²) < 4.78 is 0. The zero-order valence-electron chi connectivity index (χ0n) is 17.4. The molecule has 5 heteroatoms. The average molecular weight is 431 g/mol. The van der Waals surface area contributed by atoms with Gasteiger partial charge in [-0.25, -0.2) is 0 Å². The highest BCUT2D eigenvalue weighted by Crippen LogP contribution is 2.25. The molecule has 1 N–H and O–H groups in total. The highest BCUT2D eigenvalue weighted by Gasteiger charge is 2.16. The lowest BCUT2D eigenvalue weighted by molar-refractivity contribution is -0.121. The molecule has 1 aliphatic heterocycles. The Labute approximate surface area is 184 Å². The summed E-state index contributed by atoms with van der Waals surface area (Å²) in [5, 5.41) is 3.88. The zero-order valence-corrected chi connectivity index (χ0v) is 18.9. The quantitative estimate of drug-likeness (QED) is 0.392. The number of rotatable bonds is 8. The lowest BCUT2D eigenvalue weighted by Gasteiger charge is -2.32. The molecule has 3 rings (SSSR count). The van der Waals surface area contributed by atoms with Crippen LogP contribution in [0.15, 0.2) is 53.4 Å². The number of piperidine rings is 1. The van der Waals surface area contributed by atoms with E-state index in [1.54, 1.807) is 11.8 Å². The van der Waals surface area contributed by atoms with Crippen molar-refractivity contribution in [1.29, 1.82) is 0 Å². The molecule has 156 valence electrons. The van der Waals surface area contributed by atoms with Crippen LogP contribution in [-0.2, 0) is 4.79 Å². The monoisotopic (exact) mass is 430 g/mol. The number of benzene rings is 2. The normalized spacial score (nSPS) is 15.9. The molecule has 2 aromatic rings. The van der Waals surface area contributed by atoms with Gasteiger partial charge in [0, 0.05) is 35.1 Å². The molecule has 1 saturated heterocycles. The minimum Gasteiger partial charge on any atom is -0.372 e. The molecule has 0 unspecified atom stereocenters. The Balaban J connectivity index is 1.39. The number of anilines is 1. The summed E-state index contributed by atoms with van der Waals surface area (Å²) in [6.07, 6.45) is 3.95. The Morgan fingerprint density at radius 3 is 2.45 bits per heavy atom. The van der Waals surface area contributed by atoms with E-state index in [0.717, 1.165) is 41.8 Å². The lowest BCUT2D eigenvalue weighted by atomic mass is 9.98. The van der Waals surface area contributed by atoms with Crippen LogP contribution in [0, 0.1) is 5.92 Å². The van der Waals surface area contributed by atoms with Crippen LogP contribution < -0.4 is 10.2 Å². The highest BCUT2D eigenvalue weighted by atomic mass is 35.5. The maximum absolute atomic E-state index is 12.3. The van der Waals surface area contributed by atoms with E-state index in [4.69, 9.17) is 11.6 Å². The number of amides is 1. The van der Waals surface area contributed by atoms with Crippen LogP contribution in [0.3, 0.4) is 0 Å². The second-order valence-corrected chi connectivity index (χ2v) is 9.56. The van der Waals surface area contributed by atoms with E-state index < -0.39 is 0 Å². The molecule has 1 heterocycles. The predicted molar refractivity (Wildman–Crippen MR) is 125 cm³/mol. The van der Waals surface area contributed by atoms with E-state index in [1.165, 1.54) is 23.4 Å². The van der Waals surface area contributed by atoms with Crippen molar-refractivity contribution in [3.63, 3.8) is 0 Å². The Bertz CT molecular complexity index is 770. The average Bonchev–Trinajstić information content (AvgIpc) is 2.73. The first kappa shape index (κ1) is 22.0. The molecule has 0 spiro atoms. The predicted octanol–water partition coefficient (Wildman–Crippen LogP) is 6.33. The summed E-state index contributed by atoms with van der Waals surface area (Å²) in [5.41, 5.74) is 2.45. The van der Waals surface area contributed by atoms with Gasteiger partial charge in [-0.15, -0.1) is 11.8 Å². The number of halogens is 1. The number of nitrogens with one attached hydrogen (secondary N) is 1. The van der Waals surface area contributed by atoms with E-state index in [-0.39, 0.29) is 11.9 Å². The van der Waals surface area contributed by atoms with Crippen molar-refractivity contribution < 1.29 is 4.79 Å². The summed E-state index contributed by atoms with van der Waals surface area (Å²) in [4.78, 5) is 15.9. The number of carbonyl (C=O) groups excluding carboxylic acids is 1. The summed E-state index contributed by atoms with van der Waals surface area (Å²) in [7, 11) is 0. The molecule has 2 aromatic carbocycles. The Kier molecular flexibility index (Phi) is 8.31. The number of carbonyl (C=O) groups is 1. The largest absolute Gasteiger partial charge is 0.372 e. The van der Waals surface area contributed by atoms with Gasteiger partial charge < -0.3 is 10.2 Å². The standard InChI is InChI=1S/C24H31ClN2OS/c1-18-13-15-27(16-14-18)22-9-5-20(6-10-22)19(2)26-24(28)4-3-17-29-23-11-7-21(25)8-12-23/h5-12,18-19H,3-4,13-17H2,1-2H3,(H,26,28)/t19-/m0/s1. The molecule has 1 fully saturated rings. The highest BCUT2D eigenvalue weighted by molar-refractivity contribution is 7.99. The van der Waals surface area contributed by atoms with Crippen molar-refractivity contribution in [1.82, 2.24) is 5.32 Å². The van der Waals surface area contributed by atoms with E-state index in [2.05, 4.69) is 48.3 Å². The summed E-state index contributed by atoms with van der Waals surface area (Å²) in [6.45, 7) is 6.67. The molecular weight excluding hydrogens is 400 g/mol. The molecule has 1 aliphatic rings. The molecule has 1 atom stereocenters. The minimum absolute atomic E-state index is 0.0295. The fourth-order valence-electron chi connectivity index (χ4n) is 3.59. The van der Waals surface area contributed by atoms with Crippen LogP contribution in [0.2, 0.25) is 5.02 Å². The fourth-order valence-corrected chi connectivity index (χ4v) is 4.57. The van der Waals surface area contributed by atoms with E-state index in [9.17, 15) is 4.79 Å². The van der Waals surface area contributed by atoms with Crippen molar-refractivity contribution in [2.24, 2.45) is 5.92 Å². The van der Waals surface area contributed by atoms with Gasteiger partial charge in [0.15, 0.2) is 0 Å². The van der Waals surface area contributed by atoms with Gasteiger partial charge in [0.25, 0.3) is 0 Å². The van der Waals surface area contributed by atoms with Crippen molar-refractivity contribution in [3.8, 4) is 0 Å². The first-order chi connectivity index (χ1) is 14.0. The fraction of sp³-hybridized carbons (Fsp3) is 0.458. The minimum atomic E-state index is 0.0295. The third-order valence-corrected chi connectivity index (χ3v) is 6.90. The van der Waals surface area contributed by atoms with Crippen LogP contribution in [0.4, 0.5) is 5.69 Å². The van der Waals surface area contributed by atoms with E-state index >= 15 is 0 Å². The van der Waals surface area contributed by atoms with Gasteiger partial charge in [0.1, 0.15) is 0 Å². The summed E-state index contributed by atoms with van der Waals surface area (Å²) in [6, 6.07) is 16.5. The number of nitrogens with zero attached hydrogens (tertiary/aromatic N) is 1. The van der Waals surface area contributed by atoms with Gasteiger partial charge in [-0.3, -0.25) is 4.79 Å². The molecular formula is C24H31ClN2OS. The van der Waals surface area contributed by atoms with Crippen LogP contribution in [-0.4, -0.2) is 24.7 Å². The summed E-state index contributed by atoms with van der Waals surface area (Å²) >= 11 is 7.66. The van der Waals surface area contributed by atoms with Gasteiger partial charge in [-0.2, -0.15) is 0 Å². The molecule has 0 aromatic heterocycles. The molecule has 0 radical (unpaired) electrons. The van der Waals surface area contributed by atoms with Crippen LogP contribution in [0.5, 0.6) is 0 Å². The van der Waals surface area contributed by atoms with Crippen LogP contribution in [0.1, 0.15) is 51.1 Å². The maximum atomic E-state index is 12.3. The van der Waals surface area contributed by atoms with Crippen molar-refractivity contribution in [2.45, 2.75) is 50.5 Å². The van der Waals surface area contributed by atoms with Crippen molar-refractivity contribution in [2.75, 3.05) is 23.7 Å². The second kappa shape index (κ2) is 10.9. The third kappa shape index (κ3) is 6.97. The molecule has 0 bridgehead atoms. The third-order valence-electron chi connectivity index (χ3n) is 5.55. The lowest BCUT2D eigenvalue weighted by Crippen LogP contribution is -2.32. The van der Waals surface area contributed by atoms with Crippen LogP contribution in [0.25, 0.3) is 0 Å². The van der Waals surface area contributed by atoms with Crippen molar-refractivity contribution >= 4 is 35.0 Å². The molecule has 0 aliphatic carbocycles. The van der Waals surface area contributed by atoms with E-state index in [0.29, 0.717) is 6.42 Å². The van der Waals surface area contributed by atoms with Crippen molar-refractivity contribution in [3.05, 3.63) is 59.1 Å². The Morgan fingerprint density at radius 2 is 1.79 bits per heavy atom. The first-order valence-corrected chi connectivity index (χ1v) is 11.9. The summed E-state index contributed by atoms with van der Waals surface area (Å²) in [5.74, 6) is 1.88. The second-order valence-electron chi connectivity index (χ2n) is 7.96. The molecule has 29 heavy (non-hydrogen) atoms. The smallest absolute Gasteiger partial charge is 0.220 e. The van der Waals surface area contributed by atoms with Crippen LogP contribution >= 0.6 is 23.4 Å². The number of thioether (sulfide) groups is 1. The topological polar surface area (TPSA) is 32.3 Å². The number of hydrogen-bond donors (Lipinski definition) is 1. The molecule has 1 amide bonds. The molecule has 3 nitrogen and oxygen atoms in total. The SMILES string of the molecule is CC1CCN(c2ccc([C@H](C)NC(=O)CCCSc3ccc(Cl)cc3)cc2)CC1. The van der Waals surface area contributed by atoms with Gasteiger partial charge in [0.2, 0.25) is 5.91 Å². The molecule has 0 saturated carbocycles. The maximum Gasteiger partial charge on any atom is 0.220 e. The van der Waals surface area contributed by atoms with E-state index in [1.807, 2.05) is 24.3 Å². The van der Waals surface area contributed by atoms with Gasteiger partial charge in [0.05, 0.1) is 6.04 Å².